The standard InChI is InChI=1S/C23H23N7O2/c1-13-5-6-17-16(12-26-29-17)18(13)20-19(24)21(22(25)31)28-23(27-20)14-3-2-4-15(11-14)30-7-9-32-10-8-30/h2-6,11-12H,7-10,24H2,1H3,(H2,25,31)(H,26,29). The molecule has 0 atom stereocenters. The number of fused-ring (bicyclic) bond motifs is 1. The first-order valence-corrected chi connectivity index (χ1v) is 10.4. The number of nitrogens with two attached hydrogens (primary N) is 2. The van der Waals surface area contributed by atoms with E-state index in [4.69, 9.17) is 21.2 Å². The van der Waals surface area contributed by atoms with Gasteiger partial charge in [-0.05, 0) is 30.7 Å². The average molecular weight is 429 g/mol. The number of ether oxygens (including phenoxy) is 1. The Morgan fingerprint density at radius 1 is 1.16 bits per heavy atom. The van der Waals surface area contributed by atoms with Gasteiger partial charge in [-0.3, -0.25) is 9.89 Å². The quantitative estimate of drug-likeness (QED) is 0.453. The molecule has 0 radical (unpaired) electrons. The fourth-order valence-electron chi connectivity index (χ4n) is 4.08. The summed E-state index contributed by atoms with van der Waals surface area (Å²) in [7, 11) is 0. The summed E-state index contributed by atoms with van der Waals surface area (Å²) in [6.45, 7) is 4.96. The van der Waals surface area contributed by atoms with Crippen LogP contribution in [0.4, 0.5) is 11.4 Å². The van der Waals surface area contributed by atoms with Crippen molar-refractivity contribution >= 4 is 28.2 Å². The van der Waals surface area contributed by atoms with Gasteiger partial charge in [-0.25, -0.2) is 9.97 Å². The number of primary amides is 1. The predicted molar refractivity (Wildman–Crippen MR) is 123 cm³/mol. The number of aromatic nitrogens is 4. The van der Waals surface area contributed by atoms with Gasteiger partial charge in [-0.1, -0.05) is 18.2 Å². The van der Waals surface area contributed by atoms with Gasteiger partial charge in [0.15, 0.2) is 11.5 Å². The smallest absolute Gasteiger partial charge is 0.269 e. The lowest BCUT2D eigenvalue weighted by atomic mass is 9.99. The normalized spacial score (nSPS) is 14.1. The van der Waals surface area contributed by atoms with E-state index in [-0.39, 0.29) is 11.4 Å². The molecule has 0 spiro atoms. The number of carbonyl (C=O) groups is 1. The van der Waals surface area contributed by atoms with Crippen molar-refractivity contribution in [1.29, 1.82) is 0 Å². The zero-order chi connectivity index (χ0) is 22.2. The van der Waals surface area contributed by atoms with E-state index < -0.39 is 5.91 Å². The van der Waals surface area contributed by atoms with Crippen LogP contribution in [0.1, 0.15) is 16.1 Å². The van der Waals surface area contributed by atoms with E-state index >= 15 is 0 Å². The predicted octanol–water partition coefficient (Wildman–Crippen LogP) is 2.51. The zero-order valence-corrected chi connectivity index (χ0v) is 17.6. The SMILES string of the molecule is Cc1ccc2[nH]ncc2c1-c1nc(-c2cccc(N3CCOCC3)c2)nc(C(N)=O)c1N. The molecule has 0 unspecified atom stereocenters. The van der Waals surface area contributed by atoms with Crippen LogP contribution in [0.25, 0.3) is 33.5 Å². The topological polar surface area (TPSA) is 136 Å². The van der Waals surface area contributed by atoms with E-state index in [1.165, 1.54) is 0 Å². The number of nitrogen functional groups attached to an aromatic ring is 1. The summed E-state index contributed by atoms with van der Waals surface area (Å²) in [6, 6.07) is 11.8. The van der Waals surface area contributed by atoms with Gasteiger partial charge >= 0.3 is 0 Å². The van der Waals surface area contributed by atoms with Crippen molar-refractivity contribution in [3.63, 3.8) is 0 Å². The van der Waals surface area contributed by atoms with Crippen LogP contribution in [0.15, 0.2) is 42.6 Å². The molecular formula is C23H23N7O2. The fraction of sp³-hybridized carbons (Fsp3) is 0.217. The Bertz CT molecular complexity index is 1330. The van der Waals surface area contributed by atoms with Crippen molar-refractivity contribution in [3.05, 3.63) is 53.9 Å². The Balaban J connectivity index is 1.70. The third-order valence-corrected chi connectivity index (χ3v) is 5.73. The third kappa shape index (κ3) is 3.42. The Labute approximate surface area is 184 Å². The lowest BCUT2D eigenvalue weighted by Gasteiger charge is -2.29. The van der Waals surface area contributed by atoms with Gasteiger partial charge in [-0.15, -0.1) is 0 Å². The number of anilines is 2. The Hall–Kier alpha value is -3.98. The molecule has 5 rings (SSSR count). The summed E-state index contributed by atoms with van der Waals surface area (Å²) in [5.41, 5.74) is 17.0. The van der Waals surface area contributed by atoms with E-state index in [0.29, 0.717) is 24.7 Å². The summed E-state index contributed by atoms with van der Waals surface area (Å²) < 4.78 is 5.46. The van der Waals surface area contributed by atoms with Crippen LogP contribution in [-0.4, -0.2) is 52.4 Å². The molecule has 1 aliphatic rings. The lowest BCUT2D eigenvalue weighted by molar-refractivity contribution is 0.0996. The zero-order valence-electron chi connectivity index (χ0n) is 17.6. The molecule has 162 valence electrons. The summed E-state index contributed by atoms with van der Waals surface area (Å²) in [4.78, 5) is 23.7. The fourth-order valence-corrected chi connectivity index (χ4v) is 4.08. The third-order valence-electron chi connectivity index (χ3n) is 5.73. The van der Waals surface area contributed by atoms with Crippen molar-refractivity contribution in [2.45, 2.75) is 6.92 Å². The summed E-state index contributed by atoms with van der Waals surface area (Å²) in [5, 5.41) is 7.97. The molecule has 9 heteroatoms. The van der Waals surface area contributed by atoms with Crippen LogP contribution in [0, 0.1) is 6.92 Å². The lowest BCUT2D eigenvalue weighted by Crippen LogP contribution is -2.36. The van der Waals surface area contributed by atoms with E-state index in [2.05, 4.69) is 20.1 Å². The number of nitrogens with one attached hydrogen (secondary N) is 1. The molecule has 2 aromatic carbocycles. The van der Waals surface area contributed by atoms with Crippen molar-refractivity contribution < 1.29 is 9.53 Å². The maximum Gasteiger partial charge on any atom is 0.269 e. The van der Waals surface area contributed by atoms with Gasteiger partial charge in [0.05, 0.1) is 36.3 Å². The van der Waals surface area contributed by atoms with Gasteiger partial charge in [0, 0.05) is 35.3 Å². The van der Waals surface area contributed by atoms with E-state index in [1.54, 1.807) is 6.20 Å². The molecule has 3 heterocycles. The van der Waals surface area contributed by atoms with E-state index in [1.807, 2.05) is 43.3 Å². The van der Waals surface area contributed by atoms with Crippen LogP contribution in [0.3, 0.4) is 0 Å². The van der Waals surface area contributed by atoms with E-state index in [9.17, 15) is 4.79 Å². The molecule has 2 aromatic heterocycles. The molecular weight excluding hydrogens is 406 g/mol. The summed E-state index contributed by atoms with van der Waals surface area (Å²) in [6.07, 6.45) is 1.72. The first-order chi connectivity index (χ1) is 15.5. The number of benzene rings is 2. The van der Waals surface area contributed by atoms with Crippen molar-refractivity contribution in [1.82, 2.24) is 20.2 Å². The van der Waals surface area contributed by atoms with Crippen molar-refractivity contribution in [3.8, 4) is 22.6 Å². The second-order valence-corrected chi connectivity index (χ2v) is 7.76. The summed E-state index contributed by atoms with van der Waals surface area (Å²) in [5.74, 6) is -0.313. The Kier molecular flexibility index (Phi) is 4.95. The maximum atomic E-state index is 12.2. The summed E-state index contributed by atoms with van der Waals surface area (Å²) >= 11 is 0. The number of rotatable bonds is 4. The minimum atomic E-state index is -0.700. The second-order valence-electron chi connectivity index (χ2n) is 7.76. The number of amides is 1. The minimum absolute atomic E-state index is 0.00155. The molecule has 0 aliphatic carbocycles. The second kappa shape index (κ2) is 7.93. The molecule has 1 saturated heterocycles. The monoisotopic (exact) mass is 429 g/mol. The van der Waals surface area contributed by atoms with Crippen molar-refractivity contribution in [2.24, 2.45) is 5.73 Å². The molecule has 1 fully saturated rings. The highest BCUT2D eigenvalue weighted by Gasteiger charge is 2.22. The number of hydrogen-bond acceptors (Lipinski definition) is 7. The number of carbonyl (C=O) groups excluding carboxylic acids is 1. The Morgan fingerprint density at radius 2 is 1.97 bits per heavy atom. The molecule has 5 N–H and O–H groups in total. The van der Waals surface area contributed by atoms with Crippen LogP contribution < -0.4 is 16.4 Å². The highest BCUT2D eigenvalue weighted by atomic mass is 16.5. The van der Waals surface area contributed by atoms with Gasteiger partial charge in [-0.2, -0.15) is 5.10 Å². The Morgan fingerprint density at radius 3 is 2.75 bits per heavy atom. The number of aromatic amines is 1. The number of hydrogen-bond donors (Lipinski definition) is 3. The van der Waals surface area contributed by atoms with Gasteiger partial charge in [0.1, 0.15) is 0 Å². The first kappa shape index (κ1) is 20.0. The highest BCUT2D eigenvalue weighted by Crippen LogP contribution is 2.36. The molecule has 32 heavy (non-hydrogen) atoms. The van der Waals surface area contributed by atoms with Crippen LogP contribution in [-0.2, 0) is 4.74 Å². The maximum absolute atomic E-state index is 12.2. The van der Waals surface area contributed by atoms with Gasteiger partial charge in [0.25, 0.3) is 5.91 Å². The number of aryl methyl sites for hydroxylation is 1. The number of morpholine rings is 1. The number of nitrogens with zero attached hydrogens (tertiary/aromatic N) is 4. The van der Waals surface area contributed by atoms with Crippen molar-refractivity contribution in [2.75, 3.05) is 36.9 Å². The molecule has 1 aliphatic heterocycles. The number of H-pyrrole nitrogens is 1. The molecule has 9 nitrogen and oxygen atoms in total. The molecule has 0 saturated carbocycles. The van der Waals surface area contributed by atoms with Crippen LogP contribution in [0.2, 0.25) is 0 Å². The average Bonchev–Trinajstić information content (AvgIpc) is 3.29. The first-order valence-electron chi connectivity index (χ1n) is 10.4. The van der Waals surface area contributed by atoms with Gasteiger partial charge < -0.3 is 21.1 Å². The van der Waals surface area contributed by atoms with Crippen LogP contribution >= 0.6 is 0 Å². The van der Waals surface area contributed by atoms with Crippen LogP contribution in [0.5, 0.6) is 0 Å². The molecule has 1 amide bonds. The minimum Gasteiger partial charge on any atom is -0.395 e. The molecule has 0 bridgehead atoms. The highest BCUT2D eigenvalue weighted by molar-refractivity contribution is 6.04. The van der Waals surface area contributed by atoms with E-state index in [0.717, 1.165) is 46.4 Å². The largest absolute Gasteiger partial charge is 0.395 e. The van der Waals surface area contributed by atoms with Gasteiger partial charge in [0.2, 0.25) is 0 Å². The molecule has 4 aromatic rings.